The first-order valence-electron chi connectivity index (χ1n) is 8.25. The molecule has 126 valence electrons. The van der Waals surface area contributed by atoms with E-state index in [4.69, 9.17) is 4.42 Å². The normalized spacial score (nSPS) is 13.5. The molecule has 0 saturated heterocycles. The fraction of sp³-hybridized carbons (Fsp3) is 0.368. The average Bonchev–Trinajstić information content (AvgIpc) is 3.28. The summed E-state index contributed by atoms with van der Waals surface area (Å²) in [6, 6.07) is 13.7. The number of carbonyl (C=O) groups excluding carboxylic acids is 2. The van der Waals surface area contributed by atoms with Crippen LogP contribution in [-0.2, 0) is 22.7 Å². The second kappa shape index (κ2) is 7.34. The van der Waals surface area contributed by atoms with Gasteiger partial charge in [-0.15, -0.1) is 0 Å². The molecule has 1 aliphatic carbocycles. The number of furan rings is 1. The van der Waals surface area contributed by atoms with Gasteiger partial charge in [0, 0.05) is 19.5 Å². The van der Waals surface area contributed by atoms with Crippen LogP contribution in [0.15, 0.2) is 53.1 Å². The van der Waals surface area contributed by atoms with Crippen molar-refractivity contribution in [1.29, 1.82) is 0 Å². The molecule has 2 amide bonds. The topological polar surface area (TPSA) is 53.8 Å². The number of hydrogen-bond acceptors (Lipinski definition) is 3. The highest BCUT2D eigenvalue weighted by Crippen LogP contribution is 2.27. The summed E-state index contributed by atoms with van der Waals surface area (Å²) in [5, 5.41) is 0. The number of nitrogens with zero attached hydrogens (tertiary/aromatic N) is 2. The Bertz CT molecular complexity index is 678. The van der Waals surface area contributed by atoms with Gasteiger partial charge in [-0.1, -0.05) is 30.3 Å². The van der Waals surface area contributed by atoms with Crippen LogP contribution in [0.1, 0.15) is 31.1 Å². The first-order valence-corrected chi connectivity index (χ1v) is 8.25. The third kappa shape index (κ3) is 4.25. The molecule has 24 heavy (non-hydrogen) atoms. The Morgan fingerprint density at radius 2 is 1.83 bits per heavy atom. The maximum absolute atomic E-state index is 12.8. The summed E-state index contributed by atoms with van der Waals surface area (Å²) in [6.07, 6.45) is 3.58. The first kappa shape index (κ1) is 16.3. The monoisotopic (exact) mass is 326 g/mol. The van der Waals surface area contributed by atoms with Crippen molar-refractivity contribution in [2.75, 3.05) is 6.54 Å². The fourth-order valence-electron chi connectivity index (χ4n) is 2.76. The lowest BCUT2D eigenvalue weighted by Gasteiger charge is -2.26. The molecule has 1 aromatic carbocycles. The summed E-state index contributed by atoms with van der Waals surface area (Å²) >= 11 is 0. The van der Waals surface area contributed by atoms with Gasteiger partial charge in [-0.25, -0.2) is 0 Å². The molecule has 1 heterocycles. The Morgan fingerprint density at radius 3 is 2.42 bits per heavy atom. The minimum absolute atomic E-state index is 0.0384. The molecule has 5 heteroatoms. The van der Waals surface area contributed by atoms with Gasteiger partial charge in [0.1, 0.15) is 12.3 Å². The fourth-order valence-corrected chi connectivity index (χ4v) is 2.76. The SMILES string of the molecule is CC(=O)N(CC(=O)N(Cc1ccccc1)Cc1ccco1)C1CC1. The molecular weight excluding hydrogens is 304 g/mol. The average molecular weight is 326 g/mol. The number of amides is 2. The van der Waals surface area contributed by atoms with Crippen molar-refractivity contribution in [2.24, 2.45) is 0 Å². The highest BCUT2D eigenvalue weighted by atomic mass is 16.3. The smallest absolute Gasteiger partial charge is 0.242 e. The third-order valence-corrected chi connectivity index (χ3v) is 4.19. The van der Waals surface area contributed by atoms with Crippen molar-refractivity contribution in [1.82, 2.24) is 9.80 Å². The molecule has 1 aliphatic rings. The van der Waals surface area contributed by atoms with Gasteiger partial charge in [-0.2, -0.15) is 0 Å². The largest absolute Gasteiger partial charge is 0.467 e. The van der Waals surface area contributed by atoms with Crippen LogP contribution in [0.25, 0.3) is 0 Å². The Kier molecular flexibility index (Phi) is 4.99. The summed E-state index contributed by atoms with van der Waals surface area (Å²) in [6.45, 7) is 2.56. The van der Waals surface area contributed by atoms with Crippen molar-refractivity contribution < 1.29 is 14.0 Å². The Morgan fingerprint density at radius 1 is 1.08 bits per heavy atom. The quantitative estimate of drug-likeness (QED) is 0.786. The van der Waals surface area contributed by atoms with E-state index < -0.39 is 0 Å². The maximum Gasteiger partial charge on any atom is 0.242 e. The van der Waals surface area contributed by atoms with E-state index in [0.717, 1.165) is 24.2 Å². The lowest BCUT2D eigenvalue weighted by Crippen LogP contribution is -2.42. The predicted molar refractivity (Wildman–Crippen MR) is 89.8 cm³/mol. The summed E-state index contributed by atoms with van der Waals surface area (Å²) in [5.41, 5.74) is 1.05. The molecule has 0 unspecified atom stereocenters. The van der Waals surface area contributed by atoms with Gasteiger partial charge < -0.3 is 14.2 Å². The second-order valence-corrected chi connectivity index (χ2v) is 6.19. The van der Waals surface area contributed by atoms with E-state index in [1.54, 1.807) is 16.1 Å². The minimum Gasteiger partial charge on any atom is -0.467 e. The van der Waals surface area contributed by atoms with Gasteiger partial charge in [-0.3, -0.25) is 9.59 Å². The number of benzene rings is 1. The van der Waals surface area contributed by atoms with Gasteiger partial charge in [-0.05, 0) is 30.5 Å². The van der Waals surface area contributed by atoms with Crippen LogP contribution >= 0.6 is 0 Å². The summed E-state index contributed by atoms with van der Waals surface area (Å²) in [4.78, 5) is 28.0. The van der Waals surface area contributed by atoms with E-state index >= 15 is 0 Å². The Hall–Kier alpha value is -2.56. The third-order valence-electron chi connectivity index (χ3n) is 4.19. The molecule has 1 aromatic heterocycles. The number of hydrogen-bond donors (Lipinski definition) is 0. The highest BCUT2D eigenvalue weighted by Gasteiger charge is 2.33. The summed E-state index contributed by atoms with van der Waals surface area (Å²) < 4.78 is 5.39. The van der Waals surface area contributed by atoms with Crippen LogP contribution in [-0.4, -0.2) is 34.2 Å². The predicted octanol–water partition coefficient (Wildman–Crippen LogP) is 2.82. The standard InChI is InChI=1S/C19H22N2O3/c1-15(22)21(17-9-10-17)14-19(23)20(13-18-8-5-11-24-18)12-16-6-3-2-4-7-16/h2-8,11,17H,9-10,12-14H2,1H3. The number of carbonyl (C=O) groups is 2. The Balaban J connectivity index is 1.72. The van der Waals surface area contributed by atoms with Crippen molar-refractivity contribution >= 4 is 11.8 Å². The summed E-state index contributed by atoms with van der Waals surface area (Å²) in [7, 11) is 0. The van der Waals surface area contributed by atoms with Gasteiger partial charge in [0.05, 0.1) is 12.8 Å². The van der Waals surface area contributed by atoms with Gasteiger partial charge in [0.15, 0.2) is 0 Å². The zero-order chi connectivity index (χ0) is 16.9. The van der Waals surface area contributed by atoms with Crippen molar-refractivity contribution in [3.63, 3.8) is 0 Å². The van der Waals surface area contributed by atoms with Crippen LogP contribution in [0.2, 0.25) is 0 Å². The van der Waals surface area contributed by atoms with Crippen LogP contribution < -0.4 is 0 Å². The van der Waals surface area contributed by atoms with Crippen molar-refractivity contribution in [2.45, 2.75) is 38.9 Å². The lowest BCUT2D eigenvalue weighted by molar-refractivity contribution is -0.140. The maximum atomic E-state index is 12.8. The minimum atomic E-state index is -0.0580. The van der Waals surface area contributed by atoms with E-state index in [2.05, 4.69) is 0 Å². The van der Waals surface area contributed by atoms with E-state index in [1.807, 2.05) is 42.5 Å². The molecule has 0 spiro atoms. The molecule has 3 rings (SSSR count). The molecule has 2 aromatic rings. The molecule has 1 fully saturated rings. The molecule has 1 saturated carbocycles. The van der Waals surface area contributed by atoms with E-state index in [1.165, 1.54) is 6.92 Å². The zero-order valence-electron chi connectivity index (χ0n) is 13.9. The first-order chi connectivity index (χ1) is 11.6. The van der Waals surface area contributed by atoms with Crippen molar-refractivity contribution in [3.8, 4) is 0 Å². The van der Waals surface area contributed by atoms with Gasteiger partial charge in [0.2, 0.25) is 11.8 Å². The highest BCUT2D eigenvalue weighted by molar-refractivity contribution is 5.84. The van der Waals surface area contributed by atoms with E-state index in [9.17, 15) is 9.59 Å². The van der Waals surface area contributed by atoms with Gasteiger partial charge in [0.25, 0.3) is 0 Å². The molecular formula is C19H22N2O3. The van der Waals surface area contributed by atoms with Crippen molar-refractivity contribution in [3.05, 3.63) is 60.1 Å². The van der Waals surface area contributed by atoms with Gasteiger partial charge >= 0.3 is 0 Å². The molecule has 0 aliphatic heterocycles. The molecule has 5 nitrogen and oxygen atoms in total. The van der Waals surface area contributed by atoms with E-state index in [0.29, 0.717) is 13.1 Å². The van der Waals surface area contributed by atoms with Crippen LogP contribution in [0.4, 0.5) is 0 Å². The van der Waals surface area contributed by atoms with E-state index in [-0.39, 0.29) is 24.4 Å². The Labute approximate surface area is 141 Å². The molecule has 0 atom stereocenters. The number of rotatable bonds is 7. The lowest BCUT2D eigenvalue weighted by atomic mass is 10.2. The molecule has 0 radical (unpaired) electrons. The van der Waals surface area contributed by atoms with Crippen LogP contribution in [0, 0.1) is 0 Å². The molecule has 0 N–H and O–H groups in total. The second-order valence-electron chi connectivity index (χ2n) is 6.19. The van der Waals surface area contributed by atoms with Crippen LogP contribution in [0.5, 0.6) is 0 Å². The van der Waals surface area contributed by atoms with Crippen LogP contribution in [0.3, 0.4) is 0 Å². The molecule has 0 bridgehead atoms. The zero-order valence-corrected chi connectivity index (χ0v) is 13.9. The summed E-state index contributed by atoms with van der Waals surface area (Å²) in [5.74, 6) is 0.640.